The Morgan fingerprint density at radius 3 is 2.28 bits per heavy atom. The largest absolute Gasteiger partial charge is 0.478 e. The van der Waals surface area contributed by atoms with Crippen molar-refractivity contribution in [2.24, 2.45) is 7.05 Å². The maximum atomic E-state index is 12.6. The molecule has 3 rings (SSSR count). The number of aliphatic carboxylic acids is 1. The van der Waals surface area contributed by atoms with Crippen LogP contribution >= 0.6 is 0 Å². The van der Waals surface area contributed by atoms with Gasteiger partial charge in [0.2, 0.25) is 0 Å². The highest BCUT2D eigenvalue weighted by molar-refractivity contribution is 5.76. The van der Waals surface area contributed by atoms with E-state index in [0.717, 1.165) is 36.1 Å². The van der Waals surface area contributed by atoms with Crippen molar-refractivity contribution < 1.29 is 14.6 Å². The fourth-order valence-electron chi connectivity index (χ4n) is 3.62. The molecule has 0 aliphatic heterocycles. The maximum absolute atomic E-state index is 12.6. The van der Waals surface area contributed by atoms with Gasteiger partial charge in [-0.2, -0.15) is 0 Å². The number of aromatic nitrogens is 2. The van der Waals surface area contributed by atoms with Crippen LogP contribution in [0.25, 0.3) is 0 Å². The second kappa shape index (κ2) is 9.47. The molecule has 2 aromatic carbocycles. The van der Waals surface area contributed by atoms with E-state index in [0.29, 0.717) is 12.3 Å². The van der Waals surface area contributed by atoms with Crippen LogP contribution in [0, 0.1) is 13.8 Å². The smallest absolute Gasteiger partial charge is 0.347 e. The molecule has 6 heteroatoms. The minimum atomic E-state index is -1.27. The number of hydrogen-bond acceptors (Lipinski definition) is 3. The van der Waals surface area contributed by atoms with E-state index >= 15 is 0 Å². The SMILES string of the molecule is Cc1ccc(Cn2cc(CCCc3ccc(OC(C)(C)C(=O)O)cc3)n(C)c2=O)cc1C. The van der Waals surface area contributed by atoms with Gasteiger partial charge in [0.05, 0.1) is 6.54 Å². The molecule has 0 bridgehead atoms. The fourth-order valence-corrected chi connectivity index (χ4v) is 3.62. The summed E-state index contributed by atoms with van der Waals surface area (Å²) in [5.74, 6) is -0.469. The average Bonchev–Trinajstić information content (AvgIpc) is 2.99. The van der Waals surface area contributed by atoms with Gasteiger partial charge in [0, 0.05) is 18.9 Å². The molecule has 0 spiro atoms. The lowest BCUT2D eigenvalue weighted by Crippen LogP contribution is -2.37. The van der Waals surface area contributed by atoms with Crippen molar-refractivity contribution in [3.8, 4) is 5.75 Å². The number of benzene rings is 2. The van der Waals surface area contributed by atoms with Gasteiger partial charge in [0.15, 0.2) is 5.60 Å². The molecule has 0 saturated heterocycles. The van der Waals surface area contributed by atoms with Crippen LogP contribution in [-0.2, 0) is 31.2 Å². The summed E-state index contributed by atoms with van der Waals surface area (Å²) < 4.78 is 9.05. The zero-order valence-electron chi connectivity index (χ0n) is 19.5. The average molecular weight is 437 g/mol. The lowest BCUT2D eigenvalue weighted by atomic mass is 10.1. The molecule has 0 amide bonds. The first kappa shape index (κ1) is 23.4. The first-order valence-corrected chi connectivity index (χ1v) is 10.9. The molecule has 32 heavy (non-hydrogen) atoms. The molecule has 0 saturated carbocycles. The molecule has 0 aliphatic rings. The number of rotatable bonds is 9. The highest BCUT2D eigenvalue weighted by Crippen LogP contribution is 2.20. The molecule has 1 N–H and O–H groups in total. The third kappa shape index (κ3) is 5.49. The van der Waals surface area contributed by atoms with Crippen LogP contribution in [0.2, 0.25) is 0 Å². The summed E-state index contributed by atoms with van der Waals surface area (Å²) in [4.78, 5) is 23.8. The number of aryl methyl sites for hydroxylation is 4. The summed E-state index contributed by atoms with van der Waals surface area (Å²) in [6.45, 7) is 7.80. The Bertz CT molecular complexity index is 1150. The molecule has 1 heterocycles. The van der Waals surface area contributed by atoms with E-state index < -0.39 is 11.6 Å². The van der Waals surface area contributed by atoms with E-state index in [-0.39, 0.29) is 5.69 Å². The van der Waals surface area contributed by atoms with Crippen LogP contribution in [0.5, 0.6) is 5.75 Å². The van der Waals surface area contributed by atoms with Crippen molar-refractivity contribution >= 4 is 5.97 Å². The Morgan fingerprint density at radius 1 is 1.00 bits per heavy atom. The van der Waals surface area contributed by atoms with Crippen LogP contribution in [0.15, 0.2) is 53.5 Å². The van der Waals surface area contributed by atoms with E-state index in [2.05, 4.69) is 32.0 Å². The Hall–Kier alpha value is -3.28. The van der Waals surface area contributed by atoms with Gasteiger partial charge in [-0.05, 0) is 81.3 Å². The maximum Gasteiger partial charge on any atom is 0.347 e. The summed E-state index contributed by atoms with van der Waals surface area (Å²) >= 11 is 0. The first-order chi connectivity index (χ1) is 15.1. The van der Waals surface area contributed by atoms with Gasteiger partial charge in [-0.15, -0.1) is 0 Å². The summed E-state index contributed by atoms with van der Waals surface area (Å²) in [7, 11) is 1.82. The molecule has 0 radical (unpaired) electrons. The summed E-state index contributed by atoms with van der Waals surface area (Å²) in [5, 5.41) is 9.18. The molecule has 1 aromatic heterocycles. The molecule has 0 aliphatic carbocycles. The van der Waals surface area contributed by atoms with Gasteiger partial charge in [-0.3, -0.25) is 9.13 Å². The molecule has 0 fully saturated rings. The molecule has 170 valence electrons. The normalized spacial score (nSPS) is 11.5. The van der Waals surface area contributed by atoms with Gasteiger partial charge in [-0.25, -0.2) is 9.59 Å². The summed E-state index contributed by atoms with van der Waals surface area (Å²) in [5.41, 5.74) is 4.50. The minimum Gasteiger partial charge on any atom is -0.478 e. The molecule has 6 nitrogen and oxygen atoms in total. The number of ether oxygens (including phenoxy) is 1. The van der Waals surface area contributed by atoms with Crippen molar-refractivity contribution in [3.63, 3.8) is 0 Å². The van der Waals surface area contributed by atoms with Gasteiger partial charge in [0.1, 0.15) is 5.75 Å². The molecule has 0 unspecified atom stereocenters. The Morgan fingerprint density at radius 2 is 1.66 bits per heavy atom. The van der Waals surface area contributed by atoms with E-state index in [1.165, 1.54) is 25.0 Å². The fraction of sp³-hybridized carbons (Fsp3) is 0.385. The minimum absolute atomic E-state index is 0.000717. The summed E-state index contributed by atoms with van der Waals surface area (Å²) in [6.07, 6.45) is 4.53. The Balaban J connectivity index is 1.59. The third-order valence-electron chi connectivity index (χ3n) is 5.90. The van der Waals surface area contributed by atoms with Gasteiger partial charge < -0.3 is 9.84 Å². The number of nitrogens with zero attached hydrogens (tertiary/aromatic N) is 2. The third-order valence-corrected chi connectivity index (χ3v) is 5.90. The van der Waals surface area contributed by atoms with Gasteiger partial charge in [0.25, 0.3) is 0 Å². The van der Waals surface area contributed by atoms with E-state index in [4.69, 9.17) is 4.74 Å². The second-order valence-electron chi connectivity index (χ2n) is 8.92. The van der Waals surface area contributed by atoms with Crippen LogP contribution in [0.4, 0.5) is 0 Å². The number of carboxylic acids is 1. The van der Waals surface area contributed by atoms with Crippen LogP contribution in [0.3, 0.4) is 0 Å². The number of hydrogen-bond donors (Lipinski definition) is 1. The highest BCUT2D eigenvalue weighted by atomic mass is 16.5. The lowest BCUT2D eigenvalue weighted by Gasteiger charge is -2.21. The molecular weight excluding hydrogens is 404 g/mol. The predicted molar refractivity (Wildman–Crippen MR) is 126 cm³/mol. The Labute approximate surface area is 189 Å². The standard InChI is InChI=1S/C26H32N2O4/c1-18-9-10-21(15-19(18)2)16-28-17-22(27(5)25(28)31)8-6-7-20-11-13-23(14-12-20)32-26(3,4)24(29)30/h9-15,17H,6-8,16H2,1-5H3,(H,29,30). The van der Waals surface area contributed by atoms with Crippen LogP contribution in [-0.4, -0.2) is 25.8 Å². The predicted octanol–water partition coefficient (Wildman–Crippen LogP) is 4.27. The number of imidazole rings is 1. The van der Waals surface area contributed by atoms with E-state index in [1.807, 2.05) is 25.4 Å². The van der Waals surface area contributed by atoms with Crippen molar-refractivity contribution in [1.29, 1.82) is 0 Å². The zero-order valence-corrected chi connectivity index (χ0v) is 19.5. The second-order valence-corrected chi connectivity index (χ2v) is 8.92. The summed E-state index contributed by atoms with van der Waals surface area (Å²) in [6, 6.07) is 13.8. The molecule has 3 aromatic rings. The van der Waals surface area contributed by atoms with E-state index in [1.54, 1.807) is 21.3 Å². The monoisotopic (exact) mass is 436 g/mol. The van der Waals surface area contributed by atoms with Crippen molar-refractivity contribution in [2.75, 3.05) is 0 Å². The van der Waals surface area contributed by atoms with Gasteiger partial charge >= 0.3 is 11.7 Å². The lowest BCUT2D eigenvalue weighted by molar-refractivity contribution is -0.152. The van der Waals surface area contributed by atoms with Crippen molar-refractivity contribution in [3.05, 3.63) is 87.1 Å². The first-order valence-electron chi connectivity index (χ1n) is 10.9. The van der Waals surface area contributed by atoms with Gasteiger partial charge in [-0.1, -0.05) is 30.3 Å². The molecular formula is C26H32N2O4. The van der Waals surface area contributed by atoms with E-state index in [9.17, 15) is 14.7 Å². The van der Waals surface area contributed by atoms with Crippen molar-refractivity contribution in [2.45, 2.75) is 59.1 Å². The molecule has 0 atom stereocenters. The highest BCUT2D eigenvalue weighted by Gasteiger charge is 2.29. The van der Waals surface area contributed by atoms with Crippen molar-refractivity contribution in [1.82, 2.24) is 9.13 Å². The zero-order chi connectivity index (χ0) is 23.5. The topological polar surface area (TPSA) is 73.5 Å². The number of carboxylic acid groups (broad SMARTS) is 1. The Kier molecular flexibility index (Phi) is 6.92. The van der Waals surface area contributed by atoms with Crippen LogP contribution in [0.1, 0.15) is 48.2 Å². The number of carbonyl (C=O) groups is 1. The van der Waals surface area contributed by atoms with Crippen LogP contribution < -0.4 is 10.4 Å². The quantitative estimate of drug-likeness (QED) is 0.544.